The second-order valence-corrected chi connectivity index (χ2v) is 9.38. The Hall–Kier alpha value is -2.99. The lowest BCUT2D eigenvalue weighted by molar-refractivity contribution is -0.137. The number of anilines is 1. The number of ether oxygens (including phenoxy) is 2. The van der Waals surface area contributed by atoms with Gasteiger partial charge in [0.2, 0.25) is 0 Å². The van der Waals surface area contributed by atoms with Crippen molar-refractivity contribution in [3.63, 3.8) is 0 Å². The predicted molar refractivity (Wildman–Crippen MR) is 118 cm³/mol. The lowest BCUT2D eigenvalue weighted by Gasteiger charge is -2.15. The molecule has 0 radical (unpaired) electrons. The Labute approximate surface area is 179 Å². The number of thiophene rings is 1. The van der Waals surface area contributed by atoms with Gasteiger partial charge in [-0.25, -0.2) is 0 Å². The number of aliphatic carboxylic acids is 1. The Balaban J connectivity index is 1.40. The summed E-state index contributed by atoms with van der Waals surface area (Å²) >= 11 is 1.81. The highest BCUT2D eigenvalue weighted by atomic mass is 32.1. The van der Waals surface area contributed by atoms with Gasteiger partial charge in [0, 0.05) is 44.1 Å². The zero-order valence-electron chi connectivity index (χ0n) is 16.9. The van der Waals surface area contributed by atoms with Crippen molar-refractivity contribution in [2.24, 2.45) is 0 Å². The van der Waals surface area contributed by atoms with Crippen molar-refractivity contribution in [1.82, 2.24) is 0 Å². The van der Waals surface area contributed by atoms with Crippen molar-refractivity contribution in [1.29, 1.82) is 0 Å². The van der Waals surface area contributed by atoms with Gasteiger partial charge in [0.05, 0.1) is 19.1 Å². The van der Waals surface area contributed by atoms with E-state index in [0.29, 0.717) is 13.2 Å². The second-order valence-electron chi connectivity index (χ2n) is 7.92. The minimum atomic E-state index is -0.801. The zero-order chi connectivity index (χ0) is 20.8. The summed E-state index contributed by atoms with van der Waals surface area (Å²) in [5, 5.41) is 12.6. The molecule has 2 aliphatic heterocycles. The number of carboxylic acid groups (broad SMARTS) is 1. The molecule has 30 heavy (non-hydrogen) atoms. The van der Waals surface area contributed by atoms with Crippen LogP contribution < -0.4 is 14.8 Å². The van der Waals surface area contributed by atoms with Gasteiger partial charge in [-0.3, -0.25) is 4.79 Å². The molecular formula is C24H23NO4S. The third-order valence-corrected chi connectivity index (χ3v) is 6.77. The summed E-state index contributed by atoms with van der Waals surface area (Å²) < 4.78 is 11.9. The number of rotatable bonds is 5. The quantitative estimate of drug-likeness (QED) is 0.567. The highest BCUT2D eigenvalue weighted by Crippen LogP contribution is 2.45. The zero-order valence-corrected chi connectivity index (χ0v) is 17.7. The van der Waals surface area contributed by atoms with E-state index in [4.69, 9.17) is 14.6 Å². The van der Waals surface area contributed by atoms with Crippen LogP contribution in [0.3, 0.4) is 0 Å². The molecule has 3 heterocycles. The third-order valence-electron chi connectivity index (χ3n) is 5.80. The maximum atomic E-state index is 11.1. The molecule has 6 heteroatoms. The maximum Gasteiger partial charge on any atom is 0.304 e. The van der Waals surface area contributed by atoms with E-state index < -0.39 is 5.97 Å². The van der Waals surface area contributed by atoms with E-state index in [-0.39, 0.29) is 18.4 Å². The average Bonchev–Trinajstić information content (AvgIpc) is 3.39. The summed E-state index contributed by atoms with van der Waals surface area (Å²) in [6, 6.07) is 14.5. The molecule has 0 fully saturated rings. The highest BCUT2D eigenvalue weighted by molar-refractivity contribution is 7.12. The monoisotopic (exact) mass is 421 g/mol. The van der Waals surface area contributed by atoms with Crippen molar-refractivity contribution in [2.45, 2.75) is 32.2 Å². The largest absolute Gasteiger partial charge is 0.493 e. The van der Waals surface area contributed by atoms with Crippen LogP contribution in [0.5, 0.6) is 11.5 Å². The van der Waals surface area contributed by atoms with E-state index in [1.165, 1.54) is 15.3 Å². The van der Waals surface area contributed by atoms with E-state index in [0.717, 1.165) is 33.9 Å². The molecule has 0 spiro atoms. The number of benzene rings is 2. The molecule has 2 unspecified atom stereocenters. The number of hydrogen-bond donors (Lipinski definition) is 2. The fourth-order valence-electron chi connectivity index (χ4n) is 4.42. The predicted octanol–water partition coefficient (Wildman–Crippen LogP) is 5.53. The van der Waals surface area contributed by atoms with Crippen molar-refractivity contribution >= 4 is 23.0 Å². The lowest BCUT2D eigenvalue weighted by atomic mass is 9.97. The minimum absolute atomic E-state index is 0.0502. The van der Waals surface area contributed by atoms with Crippen molar-refractivity contribution in [3.8, 4) is 22.6 Å². The van der Waals surface area contributed by atoms with E-state index in [2.05, 4.69) is 43.4 Å². The molecule has 0 amide bonds. The summed E-state index contributed by atoms with van der Waals surface area (Å²) in [7, 11) is 0. The number of nitrogens with one attached hydrogen (secondary N) is 1. The maximum absolute atomic E-state index is 11.1. The molecule has 154 valence electrons. The van der Waals surface area contributed by atoms with Crippen LogP contribution in [0.2, 0.25) is 0 Å². The number of carbonyl (C=O) groups is 1. The number of hydrogen-bond acceptors (Lipinski definition) is 5. The molecule has 0 bridgehead atoms. The van der Waals surface area contributed by atoms with E-state index >= 15 is 0 Å². The molecule has 0 saturated heterocycles. The molecule has 2 atom stereocenters. The van der Waals surface area contributed by atoms with Crippen LogP contribution in [0.25, 0.3) is 11.1 Å². The molecule has 2 N–H and O–H groups in total. The Morgan fingerprint density at radius 2 is 1.97 bits per heavy atom. The Bertz CT molecular complexity index is 1140. The van der Waals surface area contributed by atoms with Crippen LogP contribution in [0, 0.1) is 13.8 Å². The summed E-state index contributed by atoms with van der Waals surface area (Å²) in [5.41, 5.74) is 5.45. The molecular weight excluding hydrogens is 398 g/mol. The highest BCUT2D eigenvalue weighted by Gasteiger charge is 2.29. The molecule has 2 aromatic carbocycles. The van der Waals surface area contributed by atoms with E-state index in [9.17, 15) is 4.79 Å². The van der Waals surface area contributed by atoms with E-state index in [1.54, 1.807) is 11.3 Å². The number of carboxylic acids is 1. The fourth-order valence-corrected chi connectivity index (χ4v) is 5.36. The molecule has 5 nitrogen and oxygen atoms in total. The first-order valence-corrected chi connectivity index (χ1v) is 10.9. The van der Waals surface area contributed by atoms with Gasteiger partial charge in [-0.15, -0.1) is 11.3 Å². The summed E-state index contributed by atoms with van der Waals surface area (Å²) in [6.45, 7) is 5.27. The van der Waals surface area contributed by atoms with Crippen molar-refractivity contribution in [2.75, 3.05) is 18.5 Å². The van der Waals surface area contributed by atoms with Crippen molar-refractivity contribution in [3.05, 3.63) is 63.3 Å². The van der Waals surface area contributed by atoms with Gasteiger partial charge in [-0.05, 0) is 31.5 Å². The van der Waals surface area contributed by atoms with Gasteiger partial charge in [0.1, 0.15) is 18.1 Å². The van der Waals surface area contributed by atoms with Crippen LogP contribution >= 0.6 is 11.3 Å². The normalized spacial score (nSPS) is 19.0. The first-order valence-electron chi connectivity index (χ1n) is 10.1. The van der Waals surface area contributed by atoms with Gasteiger partial charge in [0.25, 0.3) is 0 Å². The van der Waals surface area contributed by atoms with Crippen LogP contribution in [0.1, 0.15) is 39.3 Å². The van der Waals surface area contributed by atoms with Gasteiger partial charge in [-0.2, -0.15) is 0 Å². The molecule has 0 aliphatic carbocycles. The molecule has 2 aliphatic rings. The van der Waals surface area contributed by atoms with Gasteiger partial charge < -0.3 is 19.9 Å². The number of aryl methyl sites for hydroxylation is 2. The number of fused-ring (bicyclic) bond motifs is 2. The van der Waals surface area contributed by atoms with Crippen LogP contribution in [-0.2, 0) is 4.79 Å². The Morgan fingerprint density at radius 1 is 1.10 bits per heavy atom. The first-order chi connectivity index (χ1) is 14.5. The molecule has 5 rings (SSSR count). The average molecular weight is 422 g/mol. The van der Waals surface area contributed by atoms with Crippen LogP contribution in [0.15, 0.2) is 42.5 Å². The number of para-hydroxylation sites is 1. The van der Waals surface area contributed by atoms with Crippen molar-refractivity contribution < 1.29 is 19.4 Å². The lowest BCUT2D eigenvalue weighted by Crippen LogP contribution is -2.11. The van der Waals surface area contributed by atoms with Crippen LogP contribution in [0.4, 0.5) is 5.69 Å². The van der Waals surface area contributed by atoms with Gasteiger partial charge in [0.15, 0.2) is 0 Å². The van der Waals surface area contributed by atoms with Gasteiger partial charge in [-0.1, -0.05) is 24.3 Å². The smallest absolute Gasteiger partial charge is 0.304 e. The summed E-state index contributed by atoms with van der Waals surface area (Å²) in [5.74, 6) is 0.838. The Kier molecular flexibility index (Phi) is 4.66. The SMILES string of the molecule is Cc1cc(-c2cccc3c2OCC3Nc2ccc3c(c2)OCC3CC(=O)O)c(C)s1. The standard InChI is InChI=1S/C24H23NO4S/c1-13-8-20(14(2)30-13)18-4-3-5-19-21(12-29-24(18)19)25-16-6-7-17-15(9-23(26)27)11-28-22(17)10-16/h3-8,10,15,21,25H,9,11-12H2,1-2H3,(H,26,27). The third kappa shape index (κ3) is 3.31. The summed E-state index contributed by atoms with van der Waals surface area (Å²) in [6.07, 6.45) is 0.0911. The Morgan fingerprint density at radius 3 is 2.73 bits per heavy atom. The second kappa shape index (κ2) is 7.36. The fraction of sp³-hybridized carbons (Fsp3) is 0.292. The molecule has 0 saturated carbocycles. The topological polar surface area (TPSA) is 67.8 Å². The summed E-state index contributed by atoms with van der Waals surface area (Å²) in [4.78, 5) is 13.6. The van der Waals surface area contributed by atoms with E-state index in [1.807, 2.05) is 18.2 Å². The molecule has 3 aromatic rings. The minimum Gasteiger partial charge on any atom is -0.493 e. The van der Waals surface area contributed by atoms with Gasteiger partial charge >= 0.3 is 5.97 Å². The molecule has 1 aromatic heterocycles. The first kappa shape index (κ1) is 19.0. The van der Waals surface area contributed by atoms with Crippen LogP contribution in [-0.4, -0.2) is 24.3 Å².